The van der Waals surface area contributed by atoms with Crippen LogP contribution in [0.1, 0.15) is 19.2 Å². The van der Waals surface area contributed by atoms with Gasteiger partial charge in [0.2, 0.25) is 0 Å². The molecule has 1 heterocycles. The first kappa shape index (κ1) is 10.7. The molecular weight excluding hydrogens is 200 g/mol. The Morgan fingerprint density at radius 2 is 2.00 bits per heavy atom. The summed E-state index contributed by atoms with van der Waals surface area (Å²) in [7, 11) is 0. The molecule has 2 rings (SSSR count). The zero-order valence-corrected chi connectivity index (χ0v) is 9.64. The van der Waals surface area contributed by atoms with E-state index in [1.807, 2.05) is 31.2 Å². The molecule has 4 heteroatoms. The molecule has 84 valence electrons. The highest BCUT2D eigenvalue weighted by Gasteiger charge is 2.11. The molecule has 0 amide bonds. The van der Waals surface area contributed by atoms with Crippen molar-refractivity contribution in [2.45, 2.75) is 26.8 Å². The molecule has 16 heavy (non-hydrogen) atoms. The van der Waals surface area contributed by atoms with Gasteiger partial charge in [0, 0.05) is 17.8 Å². The Hall–Kier alpha value is -1.84. The van der Waals surface area contributed by atoms with Gasteiger partial charge in [-0.2, -0.15) is 0 Å². The van der Waals surface area contributed by atoms with E-state index in [0.717, 1.165) is 35.9 Å². The number of nitrogen functional groups attached to an aromatic ring is 1. The molecule has 0 fully saturated rings. The summed E-state index contributed by atoms with van der Waals surface area (Å²) in [4.78, 5) is 0. The molecule has 0 aliphatic heterocycles. The summed E-state index contributed by atoms with van der Waals surface area (Å²) < 4.78 is 2.10. The fourth-order valence-electron chi connectivity index (χ4n) is 1.77. The van der Waals surface area contributed by atoms with Gasteiger partial charge in [0.1, 0.15) is 5.82 Å². The maximum Gasteiger partial charge on any atom is 0.166 e. The van der Waals surface area contributed by atoms with Crippen molar-refractivity contribution in [1.82, 2.24) is 14.8 Å². The molecule has 2 aromatic rings. The molecule has 0 radical (unpaired) electrons. The monoisotopic (exact) mass is 216 g/mol. The van der Waals surface area contributed by atoms with Crippen molar-refractivity contribution in [3.05, 3.63) is 30.1 Å². The van der Waals surface area contributed by atoms with Crippen LogP contribution in [0.3, 0.4) is 0 Å². The van der Waals surface area contributed by atoms with Gasteiger partial charge in [-0.05, 0) is 25.5 Å². The summed E-state index contributed by atoms with van der Waals surface area (Å²) in [6.07, 6.45) is 1.05. The van der Waals surface area contributed by atoms with Gasteiger partial charge in [-0.15, -0.1) is 10.2 Å². The smallest absolute Gasteiger partial charge is 0.166 e. The molecule has 1 aromatic heterocycles. The number of rotatable bonds is 3. The van der Waals surface area contributed by atoms with Gasteiger partial charge in [-0.1, -0.05) is 19.1 Å². The Morgan fingerprint density at radius 3 is 2.69 bits per heavy atom. The molecule has 0 saturated carbocycles. The highest BCUT2D eigenvalue weighted by Crippen LogP contribution is 2.24. The van der Waals surface area contributed by atoms with Gasteiger partial charge in [0.25, 0.3) is 0 Å². The first-order chi connectivity index (χ1) is 7.74. The average molecular weight is 216 g/mol. The van der Waals surface area contributed by atoms with Crippen LogP contribution < -0.4 is 5.73 Å². The van der Waals surface area contributed by atoms with E-state index in [0.29, 0.717) is 0 Å². The number of nitrogens with zero attached hydrogens (tertiary/aromatic N) is 3. The Kier molecular flexibility index (Phi) is 2.90. The first-order valence-corrected chi connectivity index (χ1v) is 5.48. The van der Waals surface area contributed by atoms with Crippen LogP contribution in [0, 0.1) is 6.92 Å². The fraction of sp³-hybridized carbons (Fsp3) is 0.333. The maximum atomic E-state index is 5.95. The summed E-state index contributed by atoms with van der Waals surface area (Å²) in [6, 6.07) is 7.75. The zero-order chi connectivity index (χ0) is 11.5. The Morgan fingerprint density at radius 1 is 1.25 bits per heavy atom. The van der Waals surface area contributed by atoms with E-state index in [9.17, 15) is 0 Å². The lowest BCUT2D eigenvalue weighted by molar-refractivity contribution is 0.663. The highest BCUT2D eigenvalue weighted by molar-refractivity contribution is 5.71. The van der Waals surface area contributed by atoms with Crippen LogP contribution in [0.2, 0.25) is 0 Å². The van der Waals surface area contributed by atoms with Gasteiger partial charge >= 0.3 is 0 Å². The van der Waals surface area contributed by atoms with Crippen molar-refractivity contribution in [3.63, 3.8) is 0 Å². The van der Waals surface area contributed by atoms with Crippen molar-refractivity contribution in [2.24, 2.45) is 0 Å². The minimum Gasteiger partial charge on any atom is -0.398 e. The number of aryl methyl sites for hydroxylation is 1. The fourth-order valence-corrected chi connectivity index (χ4v) is 1.77. The number of benzene rings is 1. The second-order valence-corrected chi connectivity index (χ2v) is 3.81. The Balaban J connectivity index is 2.52. The van der Waals surface area contributed by atoms with E-state index in [2.05, 4.69) is 21.7 Å². The predicted molar refractivity (Wildman–Crippen MR) is 64.9 cm³/mol. The van der Waals surface area contributed by atoms with E-state index in [1.165, 1.54) is 0 Å². The van der Waals surface area contributed by atoms with E-state index < -0.39 is 0 Å². The third kappa shape index (κ3) is 1.78. The topological polar surface area (TPSA) is 56.7 Å². The van der Waals surface area contributed by atoms with Gasteiger partial charge in [-0.3, -0.25) is 0 Å². The summed E-state index contributed by atoms with van der Waals surface area (Å²) in [5, 5.41) is 8.31. The first-order valence-electron chi connectivity index (χ1n) is 5.48. The lowest BCUT2D eigenvalue weighted by Crippen LogP contribution is -2.03. The minimum atomic E-state index is 0.743. The lowest BCUT2D eigenvalue weighted by Gasteiger charge is -2.08. The van der Waals surface area contributed by atoms with Crippen LogP contribution in [-0.2, 0) is 6.54 Å². The number of para-hydroxylation sites is 1. The van der Waals surface area contributed by atoms with Crippen molar-refractivity contribution in [3.8, 4) is 11.4 Å². The van der Waals surface area contributed by atoms with E-state index in [4.69, 9.17) is 5.73 Å². The quantitative estimate of drug-likeness (QED) is 0.800. The molecule has 0 aliphatic carbocycles. The maximum absolute atomic E-state index is 5.95. The molecule has 2 N–H and O–H groups in total. The highest BCUT2D eigenvalue weighted by atomic mass is 15.3. The van der Waals surface area contributed by atoms with E-state index >= 15 is 0 Å². The van der Waals surface area contributed by atoms with Crippen LogP contribution in [0.5, 0.6) is 0 Å². The van der Waals surface area contributed by atoms with E-state index in [1.54, 1.807) is 0 Å². The van der Waals surface area contributed by atoms with Crippen LogP contribution >= 0.6 is 0 Å². The number of nitrogens with two attached hydrogens (primary N) is 1. The third-order valence-electron chi connectivity index (χ3n) is 2.58. The molecule has 0 saturated heterocycles. The van der Waals surface area contributed by atoms with Crippen molar-refractivity contribution >= 4 is 5.69 Å². The number of hydrogen-bond acceptors (Lipinski definition) is 3. The number of hydrogen-bond donors (Lipinski definition) is 1. The van der Waals surface area contributed by atoms with Crippen molar-refractivity contribution < 1.29 is 0 Å². The molecule has 0 bridgehead atoms. The van der Waals surface area contributed by atoms with E-state index in [-0.39, 0.29) is 0 Å². The minimum absolute atomic E-state index is 0.743. The predicted octanol–water partition coefficient (Wildman–Crippen LogP) is 2.25. The standard InChI is InChI=1S/C12H16N4/c1-3-8-16-9(2)14-15-12(16)10-6-4-5-7-11(10)13/h4-7H,3,8,13H2,1-2H3. The molecular formula is C12H16N4. The third-order valence-corrected chi connectivity index (χ3v) is 2.58. The van der Waals surface area contributed by atoms with Gasteiger partial charge in [-0.25, -0.2) is 0 Å². The molecule has 1 aromatic carbocycles. The SMILES string of the molecule is CCCn1c(C)nnc1-c1ccccc1N. The second kappa shape index (κ2) is 4.35. The summed E-state index contributed by atoms with van der Waals surface area (Å²) in [6.45, 7) is 5.02. The summed E-state index contributed by atoms with van der Waals surface area (Å²) >= 11 is 0. The average Bonchev–Trinajstić information content (AvgIpc) is 2.62. The summed E-state index contributed by atoms with van der Waals surface area (Å²) in [5.74, 6) is 1.79. The molecule has 4 nitrogen and oxygen atoms in total. The van der Waals surface area contributed by atoms with Crippen LogP contribution in [0.15, 0.2) is 24.3 Å². The Labute approximate surface area is 95.1 Å². The molecule has 0 atom stereocenters. The zero-order valence-electron chi connectivity index (χ0n) is 9.64. The lowest BCUT2D eigenvalue weighted by atomic mass is 10.1. The number of aromatic nitrogens is 3. The molecule has 0 unspecified atom stereocenters. The second-order valence-electron chi connectivity index (χ2n) is 3.81. The normalized spacial score (nSPS) is 10.6. The Bertz CT molecular complexity index is 488. The molecule has 0 spiro atoms. The van der Waals surface area contributed by atoms with Gasteiger partial charge in [0.05, 0.1) is 0 Å². The number of anilines is 1. The largest absolute Gasteiger partial charge is 0.398 e. The van der Waals surface area contributed by atoms with Crippen molar-refractivity contribution in [1.29, 1.82) is 0 Å². The van der Waals surface area contributed by atoms with Gasteiger partial charge < -0.3 is 10.3 Å². The van der Waals surface area contributed by atoms with Crippen molar-refractivity contribution in [2.75, 3.05) is 5.73 Å². The van der Waals surface area contributed by atoms with Gasteiger partial charge in [0.15, 0.2) is 5.82 Å². The molecule has 0 aliphatic rings. The van der Waals surface area contributed by atoms with Crippen LogP contribution in [0.4, 0.5) is 5.69 Å². The van der Waals surface area contributed by atoms with Crippen LogP contribution in [-0.4, -0.2) is 14.8 Å². The summed E-state index contributed by atoms with van der Waals surface area (Å²) in [5.41, 5.74) is 7.64. The van der Waals surface area contributed by atoms with Crippen LogP contribution in [0.25, 0.3) is 11.4 Å².